The predicted octanol–water partition coefficient (Wildman–Crippen LogP) is 2.25. The molecular formula is C13H22ClN3OS. The summed E-state index contributed by atoms with van der Waals surface area (Å²) in [5, 5.41) is 1.04. The third kappa shape index (κ3) is 3.27. The van der Waals surface area contributed by atoms with Gasteiger partial charge in [0.1, 0.15) is 4.88 Å². The average molecular weight is 304 g/mol. The summed E-state index contributed by atoms with van der Waals surface area (Å²) < 4.78 is 0. The Balaban J connectivity index is 0.00000180. The second-order valence-electron chi connectivity index (χ2n) is 5.37. The molecule has 1 saturated heterocycles. The number of hydrogen-bond acceptors (Lipinski definition) is 4. The molecule has 19 heavy (non-hydrogen) atoms. The molecule has 2 rings (SSSR count). The lowest BCUT2D eigenvalue weighted by Crippen LogP contribution is -2.34. The number of amides is 1. The number of carbonyl (C=O) groups excluding carboxylic acids is 1. The molecule has 1 atom stereocenters. The first kappa shape index (κ1) is 16.4. The van der Waals surface area contributed by atoms with Crippen LogP contribution >= 0.6 is 23.7 Å². The molecule has 0 aromatic carbocycles. The minimum atomic E-state index is 0. The summed E-state index contributed by atoms with van der Waals surface area (Å²) in [5.74, 6) is 0.127. The van der Waals surface area contributed by atoms with Gasteiger partial charge in [0.25, 0.3) is 5.91 Å². The fourth-order valence-electron chi connectivity index (χ4n) is 2.31. The summed E-state index contributed by atoms with van der Waals surface area (Å²) in [6.45, 7) is 8.34. The van der Waals surface area contributed by atoms with Gasteiger partial charge < -0.3 is 10.6 Å². The Morgan fingerprint density at radius 3 is 2.74 bits per heavy atom. The summed E-state index contributed by atoms with van der Waals surface area (Å²) in [6, 6.07) is 0. The molecule has 2 N–H and O–H groups in total. The van der Waals surface area contributed by atoms with Crippen LogP contribution in [0.2, 0.25) is 0 Å². The number of aryl methyl sites for hydroxylation is 2. The molecular weight excluding hydrogens is 282 g/mol. The molecule has 2 heterocycles. The number of nitrogens with zero attached hydrogens (tertiary/aromatic N) is 2. The van der Waals surface area contributed by atoms with E-state index >= 15 is 0 Å². The van der Waals surface area contributed by atoms with Crippen LogP contribution in [0.5, 0.6) is 0 Å². The second kappa shape index (κ2) is 6.20. The smallest absolute Gasteiger partial charge is 0.265 e. The van der Waals surface area contributed by atoms with Crippen molar-refractivity contribution in [1.29, 1.82) is 0 Å². The highest BCUT2D eigenvalue weighted by molar-refractivity contribution is 7.13. The van der Waals surface area contributed by atoms with Crippen molar-refractivity contribution in [3.05, 3.63) is 15.6 Å². The van der Waals surface area contributed by atoms with Crippen LogP contribution in [-0.2, 0) is 6.42 Å². The van der Waals surface area contributed by atoms with Crippen molar-refractivity contribution in [1.82, 2.24) is 9.88 Å². The molecule has 0 radical (unpaired) electrons. The lowest BCUT2D eigenvalue weighted by Gasteiger charge is -2.22. The van der Waals surface area contributed by atoms with E-state index in [1.165, 1.54) is 11.3 Å². The van der Waals surface area contributed by atoms with E-state index in [0.717, 1.165) is 41.5 Å². The van der Waals surface area contributed by atoms with Gasteiger partial charge in [-0.05, 0) is 31.7 Å². The maximum atomic E-state index is 12.5. The zero-order valence-electron chi connectivity index (χ0n) is 11.7. The third-order valence-electron chi connectivity index (χ3n) is 3.68. The molecule has 1 fully saturated rings. The number of thiazole rings is 1. The van der Waals surface area contributed by atoms with Gasteiger partial charge >= 0.3 is 0 Å². The highest BCUT2D eigenvalue weighted by Crippen LogP contribution is 2.31. The topological polar surface area (TPSA) is 59.2 Å². The van der Waals surface area contributed by atoms with Gasteiger partial charge in [-0.25, -0.2) is 4.98 Å². The van der Waals surface area contributed by atoms with Gasteiger partial charge in [0, 0.05) is 13.1 Å². The summed E-state index contributed by atoms with van der Waals surface area (Å²) in [6.07, 6.45) is 1.88. The van der Waals surface area contributed by atoms with Crippen LogP contribution in [0.15, 0.2) is 0 Å². The molecule has 1 amide bonds. The Labute approximate surface area is 124 Å². The molecule has 1 aromatic rings. The van der Waals surface area contributed by atoms with Gasteiger partial charge in [-0.3, -0.25) is 4.79 Å². The monoisotopic (exact) mass is 303 g/mol. The van der Waals surface area contributed by atoms with E-state index in [9.17, 15) is 4.79 Å². The van der Waals surface area contributed by atoms with E-state index in [4.69, 9.17) is 5.73 Å². The van der Waals surface area contributed by atoms with E-state index in [2.05, 4.69) is 18.8 Å². The lowest BCUT2D eigenvalue weighted by molar-refractivity contribution is 0.0780. The lowest BCUT2D eigenvalue weighted by atomic mass is 9.90. The van der Waals surface area contributed by atoms with Crippen molar-refractivity contribution in [3.8, 4) is 0 Å². The zero-order valence-corrected chi connectivity index (χ0v) is 13.4. The van der Waals surface area contributed by atoms with Crippen molar-refractivity contribution in [2.24, 2.45) is 11.1 Å². The van der Waals surface area contributed by atoms with Crippen LogP contribution in [-0.4, -0.2) is 35.4 Å². The van der Waals surface area contributed by atoms with Crippen LogP contribution in [0.25, 0.3) is 0 Å². The zero-order chi connectivity index (χ0) is 13.3. The standard InChI is InChI=1S/C13H21N3OS.ClH/c1-4-10-15-9(2)11(18-10)12(17)16-6-5-13(3,7-14)8-16;/h4-8,14H2,1-3H3;1H. The molecule has 6 heteroatoms. The van der Waals surface area contributed by atoms with Gasteiger partial charge in [-0.2, -0.15) is 0 Å². The van der Waals surface area contributed by atoms with Crippen molar-refractivity contribution in [2.75, 3.05) is 19.6 Å². The SMILES string of the molecule is CCc1nc(C)c(C(=O)N2CCC(C)(CN)C2)s1.Cl. The first-order chi connectivity index (χ1) is 8.49. The van der Waals surface area contributed by atoms with Crippen molar-refractivity contribution >= 4 is 29.7 Å². The molecule has 108 valence electrons. The van der Waals surface area contributed by atoms with Crippen LogP contribution in [0.1, 0.15) is 40.6 Å². The molecule has 0 saturated carbocycles. The second-order valence-corrected chi connectivity index (χ2v) is 6.45. The van der Waals surface area contributed by atoms with E-state index < -0.39 is 0 Å². The molecule has 0 aliphatic carbocycles. The number of halogens is 1. The summed E-state index contributed by atoms with van der Waals surface area (Å²) >= 11 is 1.53. The molecule has 4 nitrogen and oxygen atoms in total. The maximum Gasteiger partial charge on any atom is 0.265 e. The van der Waals surface area contributed by atoms with E-state index in [0.29, 0.717) is 6.54 Å². The van der Waals surface area contributed by atoms with Crippen LogP contribution < -0.4 is 5.73 Å². The minimum Gasteiger partial charge on any atom is -0.337 e. The largest absolute Gasteiger partial charge is 0.337 e. The number of hydrogen-bond donors (Lipinski definition) is 1. The minimum absolute atomic E-state index is 0. The van der Waals surface area contributed by atoms with Crippen LogP contribution in [0.4, 0.5) is 0 Å². The fourth-order valence-corrected chi connectivity index (χ4v) is 3.28. The van der Waals surface area contributed by atoms with Gasteiger partial charge in [0.15, 0.2) is 0 Å². The van der Waals surface area contributed by atoms with Gasteiger partial charge in [0.2, 0.25) is 0 Å². The Morgan fingerprint density at radius 2 is 2.26 bits per heavy atom. The predicted molar refractivity (Wildman–Crippen MR) is 81.2 cm³/mol. The quantitative estimate of drug-likeness (QED) is 0.931. The van der Waals surface area contributed by atoms with Gasteiger partial charge in [-0.1, -0.05) is 13.8 Å². The van der Waals surface area contributed by atoms with E-state index in [-0.39, 0.29) is 23.7 Å². The normalized spacial score (nSPS) is 22.4. The number of rotatable bonds is 3. The van der Waals surface area contributed by atoms with E-state index in [1.807, 2.05) is 11.8 Å². The van der Waals surface area contributed by atoms with Crippen molar-refractivity contribution in [3.63, 3.8) is 0 Å². The van der Waals surface area contributed by atoms with Crippen molar-refractivity contribution in [2.45, 2.75) is 33.6 Å². The molecule has 1 aliphatic heterocycles. The first-order valence-corrected chi connectivity index (χ1v) is 7.26. The Kier molecular flexibility index (Phi) is 5.35. The number of nitrogens with two attached hydrogens (primary N) is 1. The highest BCUT2D eigenvalue weighted by atomic mass is 35.5. The highest BCUT2D eigenvalue weighted by Gasteiger charge is 2.36. The number of likely N-dealkylation sites (tertiary alicyclic amines) is 1. The third-order valence-corrected chi connectivity index (χ3v) is 4.97. The Hall–Kier alpha value is -0.650. The van der Waals surface area contributed by atoms with Gasteiger partial charge in [0.05, 0.1) is 10.7 Å². The van der Waals surface area contributed by atoms with Crippen LogP contribution in [0, 0.1) is 12.3 Å². The van der Waals surface area contributed by atoms with Gasteiger partial charge in [-0.15, -0.1) is 23.7 Å². The molecule has 1 aliphatic rings. The summed E-state index contributed by atoms with van der Waals surface area (Å²) in [5.41, 5.74) is 6.73. The maximum absolute atomic E-state index is 12.5. The average Bonchev–Trinajstić information content (AvgIpc) is 2.93. The Morgan fingerprint density at radius 1 is 1.58 bits per heavy atom. The molecule has 0 bridgehead atoms. The van der Waals surface area contributed by atoms with Crippen LogP contribution in [0.3, 0.4) is 0 Å². The number of aromatic nitrogens is 1. The first-order valence-electron chi connectivity index (χ1n) is 6.45. The fraction of sp³-hybridized carbons (Fsp3) is 0.692. The Bertz CT molecular complexity index is 463. The molecule has 1 aromatic heterocycles. The van der Waals surface area contributed by atoms with E-state index in [1.54, 1.807) is 0 Å². The number of carbonyl (C=O) groups is 1. The van der Waals surface area contributed by atoms with Crippen molar-refractivity contribution < 1.29 is 4.79 Å². The summed E-state index contributed by atoms with van der Waals surface area (Å²) in [4.78, 5) is 19.6. The molecule has 0 spiro atoms. The summed E-state index contributed by atoms with van der Waals surface area (Å²) in [7, 11) is 0. The molecule has 1 unspecified atom stereocenters.